The normalized spacial score (nSPS) is 14.6. The van der Waals surface area contributed by atoms with Gasteiger partial charge in [0.25, 0.3) is 5.89 Å². The number of hydrogen-bond acceptors (Lipinski definition) is 7. The predicted octanol–water partition coefficient (Wildman–Crippen LogP) is 5.07. The van der Waals surface area contributed by atoms with E-state index in [2.05, 4.69) is 15.3 Å². The molecule has 4 aromatic rings. The lowest BCUT2D eigenvalue weighted by Gasteiger charge is -2.36. The molecule has 0 atom stereocenters. The maximum atomic E-state index is 13.0. The molecule has 186 valence electrons. The fourth-order valence-corrected chi connectivity index (χ4v) is 4.10. The van der Waals surface area contributed by atoms with Crippen LogP contribution in [0, 0.1) is 5.92 Å². The zero-order valence-corrected chi connectivity index (χ0v) is 18.9. The Kier molecular flexibility index (Phi) is 6.31. The number of rotatable bonds is 8. The zero-order valence-electron chi connectivity index (χ0n) is 18.9. The number of hydrogen-bond donors (Lipinski definition) is 1. The van der Waals surface area contributed by atoms with Gasteiger partial charge in [0, 0.05) is 42.7 Å². The van der Waals surface area contributed by atoms with Crippen molar-refractivity contribution in [1.29, 1.82) is 0 Å². The summed E-state index contributed by atoms with van der Waals surface area (Å²) in [5, 5.41) is 16.9. The third-order valence-corrected chi connectivity index (χ3v) is 6.04. The molecular formula is C25H21F3N4O4. The average Bonchev–Trinajstić information content (AvgIpc) is 3.47. The second kappa shape index (κ2) is 9.57. The summed E-state index contributed by atoms with van der Waals surface area (Å²) in [6.45, 7) is 1.67. The largest absolute Gasteiger partial charge is 0.481 e. The van der Waals surface area contributed by atoms with E-state index >= 15 is 0 Å². The van der Waals surface area contributed by atoms with Gasteiger partial charge in [0.05, 0.1) is 5.92 Å². The van der Waals surface area contributed by atoms with Gasteiger partial charge in [-0.3, -0.25) is 9.69 Å². The van der Waals surface area contributed by atoms with E-state index in [0.717, 1.165) is 5.56 Å². The Morgan fingerprint density at radius 2 is 1.72 bits per heavy atom. The van der Waals surface area contributed by atoms with Gasteiger partial charge in [-0.2, -0.15) is 18.2 Å². The van der Waals surface area contributed by atoms with E-state index in [1.807, 2.05) is 17.0 Å². The van der Waals surface area contributed by atoms with Crippen LogP contribution in [0.5, 0.6) is 0 Å². The Bertz CT molecular complexity index is 1340. The lowest BCUT2D eigenvalue weighted by molar-refractivity contribution is -0.147. The molecule has 2 aromatic carbocycles. The van der Waals surface area contributed by atoms with Crippen molar-refractivity contribution < 1.29 is 32.1 Å². The van der Waals surface area contributed by atoms with Gasteiger partial charge in [-0.1, -0.05) is 64.9 Å². The maximum Gasteiger partial charge on any atom is 0.389 e. The number of nitrogens with zero attached hydrogens (tertiary/aromatic N) is 4. The minimum Gasteiger partial charge on any atom is -0.481 e. The van der Waals surface area contributed by atoms with Crippen LogP contribution < -0.4 is 0 Å². The molecule has 1 aliphatic heterocycles. The minimum absolute atomic E-state index is 0.0301. The molecule has 0 saturated carbocycles. The average molecular weight is 498 g/mol. The van der Waals surface area contributed by atoms with Crippen LogP contribution in [0.3, 0.4) is 0 Å². The van der Waals surface area contributed by atoms with E-state index in [-0.39, 0.29) is 41.1 Å². The van der Waals surface area contributed by atoms with Crippen molar-refractivity contribution in [1.82, 2.24) is 20.2 Å². The Labute approximate surface area is 203 Å². The molecule has 8 nitrogen and oxygen atoms in total. The molecule has 5 rings (SSSR count). The lowest BCUT2D eigenvalue weighted by atomic mass is 9.99. The molecule has 0 aliphatic carbocycles. The van der Waals surface area contributed by atoms with Gasteiger partial charge < -0.3 is 14.2 Å². The fraction of sp³-hybridized carbons (Fsp3) is 0.280. The Morgan fingerprint density at radius 3 is 2.39 bits per heavy atom. The predicted molar refractivity (Wildman–Crippen MR) is 121 cm³/mol. The highest BCUT2D eigenvalue weighted by Gasteiger charge is 2.32. The molecule has 11 heteroatoms. The van der Waals surface area contributed by atoms with Crippen LogP contribution in [0.1, 0.15) is 17.5 Å². The quantitative estimate of drug-likeness (QED) is 0.359. The van der Waals surface area contributed by atoms with Gasteiger partial charge in [0.1, 0.15) is 0 Å². The molecule has 1 saturated heterocycles. The van der Waals surface area contributed by atoms with Crippen LogP contribution in [-0.2, 0) is 17.8 Å². The number of halogens is 3. The molecule has 1 aliphatic rings. The molecule has 1 fully saturated rings. The van der Waals surface area contributed by atoms with Crippen molar-refractivity contribution in [2.24, 2.45) is 5.92 Å². The van der Waals surface area contributed by atoms with Gasteiger partial charge in [-0.25, -0.2) is 0 Å². The maximum absolute atomic E-state index is 13.0. The summed E-state index contributed by atoms with van der Waals surface area (Å²) < 4.78 is 49.8. The fourth-order valence-electron chi connectivity index (χ4n) is 4.10. The monoisotopic (exact) mass is 498 g/mol. The number of benzene rings is 2. The Hall–Kier alpha value is -3.99. The highest BCUT2D eigenvalue weighted by atomic mass is 19.4. The van der Waals surface area contributed by atoms with E-state index in [9.17, 15) is 18.0 Å². The van der Waals surface area contributed by atoms with Gasteiger partial charge in [0.2, 0.25) is 5.82 Å². The van der Waals surface area contributed by atoms with Crippen LogP contribution in [0.25, 0.3) is 34.3 Å². The number of carbonyl (C=O) groups is 1. The van der Waals surface area contributed by atoms with E-state index in [1.54, 1.807) is 42.5 Å². The minimum atomic E-state index is -4.35. The first-order chi connectivity index (χ1) is 17.3. The van der Waals surface area contributed by atoms with Crippen molar-refractivity contribution in [3.05, 3.63) is 65.7 Å². The van der Waals surface area contributed by atoms with E-state index in [1.165, 1.54) is 0 Å². The van der Waals surface area contributed by atoms with E-state index in [4.69, 9.17) is 14.2 Å². The number of carboxylic acids is 1. The van der Waals surface area contributed by atoms with Crippen LogP contribution >= 0.6 is 0 Å². The molecule has 0 unspecified atom stereocenters. The van der Waals surface area contributed by atoms with Crippen LogP contribution in [0.2, 0.25) is 0 Å². The van der Waals surface area contributed by atoms with Crippen molar-refractivity contribution in [3.8, 4) is 34.3 Å². The van der Waals surface area contributed by atoms with E-state index in [0.29, 0.717) is 30.8 Å². The highest BCUT2D eigenvalue weighted by molar-refractivity contribution is 5.71. The lowest BCUT2D eigenvalue weighted by Crippen LogP contribution is -2.49. The summed E-state index contributed by atoms with van der Waals surface area (Å²) in [5.41, 5.74) is 2.59. The first-order valence-corrected chi connectivity index (χ1v) is 11.3. The molecule has 0 radical (unpaired) electrons. The van der Waals surface area contributed by atoms with Crippen molar-refractivity contribution in [3.63, 3.8) is 0 Å². The first kappa shape index (κ1) is 23.7. The molecule has 1 N–H and O–H groups in total. The van der Waals surface area contributed by atoms with Crippen molar-refractivity contribution in [2.75, 3.05) is 13.1 Å². The van der Waals surface area contributed by atoms with Crippen LogP contribution in [0.4, 0.5) is 13.2 Å². The van der Waals surface area contributed by atoms with Crippen LogP contribution in [0.15, 0.2) is 63.6 Å². The second-order valence-electron chi connectivity index (χ2n) is 8.67. The molecule has 0 amide bonds. The number of likely N-dealkylation sites (tertiary alicyclic amines) is 1. The summed E-state index contributed by atoms with van der Waals surface area (Å²) in [5.74, 6) is -0.633. The summed E-state index contributed by atoms with van der Waals surface area (Å²) in [7, 11) is 0. The van der Waals surface area contributed by atoms with Crippen molar-refractivity contribution in [2.45, 2.75) is 25.6 Å². The summed E-state index contributed by atoms with van der Waals surface area (Å²) in [6, 6.07) is 16.1. The molecule has 0 bridgehead atoms. The standard InChI is InChI=1S/C25H21F3N4O4/c26-25(27,28)11-10-19-20(30-35-21(19)16-4-2-1-3-5-16)23-29-22(31-36-23)17-8-6-15(7-9-17)12-32-13-18(14-32)24(33)34/h1-9,18H,10-14H2,(H,33,34). The zero-order chi connectivity index (χ0) is 25.3. The molecular weight excluding hydrogens is 477 g/mol. The highest BCUT2D eigenvalue weighted by Crippen LogP contribution is 2.35. The Morgan fingerprint density at radius 1 is 1.00 bits per heavy atom. The molecule has 3 heterocycles. The SMILES string of the molecule is O=C(O)C1CN(Cc2ccc(-c3noc(-c4noc(-c5ccccc5)c4CCC(F)(F)F)n3)cc2)C1. The molecule has 36 heavy (non-hydrogen) atoms. The molecule has 2 aromatic heterocycles. The topological polar surface area (TPSA) is 105 Å². The number of aromatic nitrogens is 3. The van der Waals surface area contributed by atoms with Gasteiger partial charge in [-0.15, -0.1) is 0 Å². The third-order valence-electron chi connectivity index (χ3n) is 6.04. The van der Waals surface area contributed by atoms with Gasteiger partial charge in [0.15, 0.2) is 11.5 Å². The van der Waals surface area contributed by atoms with Crippen molar-refractivity contribution >= 4 is 5.97 Å². The summed E-state index contributed by atoms with van der Waals surface area (Å²) in [6.07, 6.45) is -5.75. The van der Waals surface area contributed by atoms with Crippen LogP contribution in [-0.4, -0.2) is 50.5 Å². The first-order valence-electron chi connectivity index (χ1n) is 11.3. The van der Waals surface area contributed by atoms with Gasteiger partial charge >= 0.3 is 12.1 Å². The summed E-state index contributed by atoms with van der Waals surface area (Å²) >= 11 is 0. The second-order valence-corrected chi connectivity index (χ2v) is 8.67. The third kappa shape index (κ3) is 5.15. The van der Waals surface area contributed by atoms with E-state index < -0.39 is 18.6 Å². The number of aliphatic carboxylic acids is 1. The molecule has 0 spiro atoms. The smallest absolute Gasteiger partial charge is 0.389 e. The number of alkyl halides is 3. The Balaban J connectivity index is 1.35. The van der Waals surface area contributed by atoms with Gasteiger partial charge in [-0.05, 0) is 12.0 Å². The summed E-state index contributed by atoms with van der Waals surface area (Å²) in [4.78, 5) is 17.3. The number of carboxylic acid groups (broad SMARTS) is 1.